The van der Waals surface area contributed by atoms with E-state index in [0.717, 1.165) is 38.6 Å². The molecule has 0 radical (unpaired) electrons. The van der Waals surface area contributed by atoms with Crippen LogP contribution in [-0.4, -0.2) is 43.3 Å². The minimum absolute atomic E-state index is 0.00704. The number of unbranched alkanes of at least 4 members (excludes halogenated alkanes) is 1. The Hall–Kier alpha value is -1.75. The van der Waals surface area contributed by atoms with Gasteiger partial charge < -0.3 is 14.4 Å². The molecule has 1 aliphatic carbocycles. The van der Waals surface area contributed by atoms with Gasteiger partial charge in [-0.1, -0.05) is 44.7 Å². The minimum Gasteiger partial charge on any atom is -0.491 e. The summed E-state index contributed by atoms with van der Waals surface area (Å²) in [6.07, 6.45) is 11.4. The van der Waals surface area contributed by atoms with Gasteiger partial charge in [-0.25, -0.2) is 4.79 Å². The zero-order chi connectivity index (χ0) is 20.3. The van der Waals surface area contributed by atoms with E-state index < -0.39 is 0 Å². The summed E-state index contributed by atoms with van der Waals surface area (Å²) in [7, 11) is 0. The maximum Gasteiger partial charge on any atom is 0.412 e. The van der Waals surface area contributed by atoms with E-state index in [9.17, 15) is 4.79 Å². The van der Waals surface area contributed by atoms with Crippen LogP contribution in [0.4, 0.5) is 10.5 Å². The number of piperidine rings is 1. The number of nitrogens with one attached hydrogen (secondary N) is 1. The minimum atomic E-state index is -0.355. The van der Waals surface area contributed by atoms with Gasteiger partial charge in [-0.15, -0.1) is 0 Å². The van der Waals surface area contributed by atoms with Crippen molar-refractivity contribution >= 4 is 11.8 Å². The Morgan fingerprint density at radius 1 is 1.07 bits per heavy atom. The van der Waals surface area contributed by atoms with Crippen LogP contribution in [0.25, 0.3) is 0 Å². The Balaban J connectivity index is 1.57. The van der Waals surface area contributed by atoms with Crippen LogP contribution in [0, 0.1) is 5.92 Å². The van der Waals surface area contributed by atoms with Crippen molar-refractivity contribution in [2.24, 2.45) is 5.92 Å². The van der Waals surface area contributed by atoms with E-state index in [1.54, 1.807) is 0 Å². The Morgan fingerprint density at radius 3 is 2.66 bits per heavy atom. The van der Waals surface area contributed by atoms with Gasteiger partial charge in [0.25, 0.3) is 0 Å². The molecule has 0 spiro atoms. The van der Waals surface area contributed by atoms with Crippen molar-refractivity contribution in [2.75, 3.05) is 31.6 Å². The molecule has 2 atom stereocenters. The number of hydrogen-bond donors (Lipinski definition) is 1. The number of amides is 1. The van der Waals surface area contributed by atoms with Gasteiger partial charge >= 0.3 is 6.09 Å². The molecular formula is C24H38N2O3. The van der Waals surface area contributed by atoms with Crippen LogP contribution in [-0.2, 0) is 4.74 Å². The molecule has 1 aliphatic heterocycles. The van der Waals surface area contributed by atoms with E-state index in [-0.39, 0.29) is 12.2 Å². The van der Waals surface area contributed by atoms with Crippen LogP contribution in [0.2, 0.25) is 0 Å². The molecule has 1 aromatic rings. The maximum atomic E-state index is 12.7. The van der Waals surface area contributed by atoms with Crippen LogP contribution in [0.15, 0.2) is 24.3 Å². The molecule has 3 rings (SSSR count). The number of benzene rings is 1. The molecule has 0 unspecified atom stereocenters. The monoisotopic (exact) mass is 402 g/mol. The maximum absolute atomic E-state index is 12.7. The van der Waals surface area contributed by atoms with Crippen LogP contribution < -0.4 is 10.1 Å². The number of carbonyl (C=O) groups excluding carboxylic acids is 1. The summed E-state index contributed by atoms with van der Waals surface area (Å²) in [6, 6.07) is 7.61. The SMILES string of the molecule is CCCCOc1ccccc1NC(=O)O[C@@H]1CCCCC[C@H]1CN1CCCCC1. The van der Waals surface area contributed by atoms with Crippen molar-refractivity contribution in [3.05, 3.63) is 24.3 Å². The van der Waals surface area contributed by atoms with E-state index in [4.69, 9.17) is 9.47 Å². The summed E-state index contributed by atoms with van der Waals surface area (Å²) in [5.41, 5.74) is 0.690. The fourth-order valence-electron chi connectivity index (χ4n) is 4.49. The van der Waals surface area contributed by atoms with Gasteiger partial charge in [0, 0.05) is 12.5 Å². The highest BCUT2D eigenvalue weighted by molar-refractivity contribution is 5.86. The molecular weight excluding hydrogens is 364 g/mol. The van der Waals surface area contributed by atoms with Crippen molar-refractivity contribution in [1.29, 1.82) is 0 Å². The predicted octanol–water partition coefficient (Wildman–Crippen LogP) is 5.85. The quantitative estimate of drug-likeness (QED) is 0.438. The molecule has 162 valence electrons. The third-order valence-corrected chi connectivity index (χ3v) is 6.17. The summed E-state index contributed by atoms with van der Waals surface area (Å²) in [5, 5.41) is 2.93. The van der Waals surface area contributed by atoms with Gasteiger partial charge in [-0.3, -0.25) is 5.32 Å². The van der Waals surface area contributed by atoms with Crippen molar-refractivity contribution in [3.63, 3.8) is 0 Å². The topological polar surface area (TPSA) is 50.8 Å². The Labute approximate surface area is 176 Å². The number of ether oxygens (including phenoxy) is 2. The second-order valence-corrected chi connectivity index (χ2v) is 8.53. The van der Waals surface area contributed by atoms with E-state index in [2.05, 4.69) is 17.1 Å². The largest absolute Gasteiger partial charge is 0.491 e. The van der Waals surface area contributed by atoms with Crippen molar-refractivity contribution in [1.82, 2.24) is 4.90 Å². The molecule has 1 saturated carbocycles. The highest BCUT2D eigenvalue weighted by Gasteiger charge is 2.29. The number of carbonyl (C=O) groups is 1. The molecule has 1 heterocycles. The Kier molecular flexibility index (Phi) is 9.13. The summed E-state index contributed by atoms with van der Waals surface area (Å²) in [6.45, 7) is 6.24. The van der Waals surface area contributed by atoms with Crippen LogP contribution in [0.1, 0.15) is 71.1 Å². The first-order valence-electron chi connectivity index (χ1n) is 11.7. The third kappa shape index (κ3) is 7.22. The van der Waals surface area contributed by atoms with Crippen molar-refractivity contribution in [3.8, 4) is 5.75 Å². The van der Waals surface area contributed by atoms with Gasteiger partial charge in [0.15, 0.2) is 0 Å². The van der Waals surface area contributed by atoms with Crippen molar-refractivity contribution < 1.29 is 14.3 Å². The van der Waals surface area contributed by atoms with Gasteiger partial charge in [-0.05, 0) is 63.7 Å². The zero-order valence-electron chi connectivity index (χ0n) is 18.0. The third-order valence-electron chi connectivity index (χ3n) is 6.17. The molecule has 1 saturated heterocycles. The first-order valence-corrected chi connectivity index (χ1v) is 11.7. The lowest BCUT2D eigenvalue weighted by molar-refractivity contribution is 0.0471. The molecule has 1 amide bonds. The number of hydrogen-bond acceptors (Lipinski definition) is 4. The van der Waals surface area contributed by atoms with Crippen molar-refractivity contribution in [2.45, 2.75) is 77.2 Å². The molecule has 0 bridgehead atoms. The number of nitrogens with zero attached hydrogens (tertiary/aromatic N) is 1. The van der Waals surface area contributed by atoms with Crippen LogP contribution in [0.5, 0.6) is 5.75 Å². The number of para-hydroxylation sites is 2. The molecule has 5 heteroatoms. The molecule has 29 heavy (non-hydrogen) atoms. The fraction of sp³-hybridized carbons (Fsp3) is 0.708. The molecule has 1 N–H and O–H groups in total. The zero-order valence-corrected chi connectivity index (χ0v) is 18.0. The molecule has 2 fully saturated rings. The number of rotatable bonds is 8. The van der Waals surface area contributed by atoms with Gasteiger partial charge in [0.1, 0.15) is 11.9 Å². The van der Waals surface area contributed by atoms with Gasteiger partial charge in [0.2, 0.25) is 0 Å². The smallest absolute Gasteiger partial charge is 0.412 e. The summed E-state index contributed by atoms with van der Waals surface area (Å²) < 4.78 is 11.8. The summed E-state index contributed by atoms with van der Waals surface area (Å²) in [4.78, 5) is 15.3. The average molecular weight is 403 g/mol. The van der Waals surface area contributed by atoms with Gasteiger partial charge in [0.05, 0.1) is 12.3 Å². The number of anilines is 1. The summed E-state index contributed by atoms with van der Waals surface area (Å²) in [5.74, 6) is 1.15. The second kappa shape index (κ2) is 12.1. The highest BCUT2D eigenvalue weighted by Crippen LogP contribution is 2.29. The predicted molar refractivity (Wildman–Crippen MR) is 118 cm³/mol. The number of likely N-dealkylation sites (tertiary alicyclic amines) is 1. The standard InChI is InChI=1S/C24H38N2O3/c1-2-3-18-28-23-15-9-8-13-21(23)25-24(27)29-22-14-7-4-6-12-20(22)19-26-16-10-5-11-17-26/h8-9,13,15,20,22H,2-7,10-12,14,16-19H2,1H3,(H,25,27)/t20-,22+/m0/s1. The normalized spacial score (nSPS) is 23.2. The van der Waals surface area contributed by atoms with Gasteiger partial charge in [-0.2, -0.15) is 0 Å². The van der Waals surface area contributed by atoms with E-state index in [1.807, 2.05) is 24.3 Å². The lowest BCUT2D eigenvalue weighted by Gasteiger charge is -2.33. The molecule has 2 aliphatic rings. The Bertz CT molecular complexity index is 616. The molecule has 1 aromatic carbocycles. The van der Waals surface area contributed by atoms with Crippen LogP contribution >= 0.6 is 0 Å². The van der Waals surface area contributed by atoms with Crippen LogP contribution in [0.3, 0.4) is 0 Å². The first-order chi connectivity index (χ1) is 14.3. The molecule has 5 nitrogen and oxygen atoms in total. The van der Waals surface area contributed by atoms with E-state index >= 15 is 0 Å². The Morgan fingerprint density at radius 2 is 1.83 bits per heavy atom. The lowest BCUT2D eigenvalue weighted by atomic mass is 9.95. The molecule has 0 aromatic heterocycles. The first kappa shape index (κ1) is 21.9. The second-order valence-electron chi connectivity index (χ2n) is 8.53. The average Bonchev–Trinajstić information content (AvgIpc) is 2.95. The highest BCUT2D eigenvalue weighted by atomic mass is 16.6. The summed E-state index contributed by atoms with van der Waals surface area (Å²) >= 11 is 0. The van der Waals surface area contributed by atoms with E-state index in [1.165, 1.54) is 45.2 Å². The van der Waals surface area contributed by atoms with E-state index in [0.29, 0.717) is 24.0 Å². The lowest BCUT2D eigenvalue weighted by Crippen LogP contribution is -2.39. The fourth-order valence-corrected chi connectivity index (χ4v) is 4.49.